The molecule has 16 heavy (non-hydrogen) atoms. The highest BCUT2D eigenvalue weighted by Crippen LogP contribution is 2.23. The minimum Gasteiger partial charge on any atom is -0.463 e. The lowest BCUT2D eigenvalue weighted by atomic mass is 10.1. The van der Waals surface area contributed by atoms with E-state index in [1.165, 1.54) is 0 Å². The molecule has 0 saturated carbocycles. The zero-order valence-corrected chi connectivity index (χ0v) is 10.3. The van der Waals surface area contributed by atoms with Gasteiger partial charge >= 0.3 is 0 Å². The highest BCUT2D eigenvalue weighted by molar-refractivity contribution is 9.10. The van der Waals surface area contributed by atoms with Gasteiger partial charge < -0.3 is 4.42 Å². The number of benzene rings is 1. The second kappa shape index (κ2) is 4.39. The lowest BCUT2D eigenvalue weighted by Gasteiger charge is -2.03. The van der Waals surface area contributed by atoms with Gasteiger partial charge in [-0.2, -0.15) is 0 Å². The minimum atomic E-state index is -0.344. The van der Waals surface area contributed by atoms with Gasteiger partial charge in [0.2, 0.25) is 5.43 Å². The molecule has 1 aromatic carbocycles. The third-order valence-electron chi connectivity index (χ3n) is 2.21. The number of halogens is 2. The van der Waals surface area contributed by atoms with Crippen molar-refractivity contribution in [2.45, 2.75) is 5.88 Å². The molecule has 3 nitrogen and oxygen atoms in total. The van der Waals surface area contributed by atoms with E-state index in [-0.39, 0.29) is 16.9 Å². The van der Waals surface area contributed by atoms with Crippen molar-refractivity contribution >= 4 is 44.8 Å². The Labute approximate surface area is 104 Å². The van der Waals surface area contributed by atoms with Gasteiger partial charge in [-0.1, -0.05) is 15.9 Å². The number of fused-ring (bicyclic) bond motifs is 1. The van der Waals surface area contributed by atoms with Crippen molar-refractivity contribution in [1.29, 1.82) is 0 Å². The van der Waals surface area contributed by atoms with Crippen LogP contribution in [0, 0.1) is 0 Å². The normalized spacial score (nSPS) is 10.6. The van der Waals surface area contributed by atoms with E-state index >= 15 is 0 Å². The number of hydrogen-bond donors (Lipinski definition) is 0. The fraction of sp³-hybridized carbons (Fsp3) is 0.0909. The summed E-state index contributed by atoms with van der Waals surface area (Å²) in [5.74, 6) is 0.235. The summed E-state index contributed by atoms with van der Waals surface area (Å²) < 4.78 is 5.98. The summed E-state index contributed by atoms with van der Waals surface area (Å²) in [7, 11) is 0. The van der Waals surface area contributed by atoms with Crippen molar-refractivity contribution in [3.05, 3.63) is 44.2 Å². The fourth-order valence-corrected chi connectivity index (χ4v) is 2.17. The standard InChI is InChI=1S/C11H6BrClO3/c12-8-1-6(3-13)11-9(2-8)10(15)7(4-14)5-16-11/h1-2,4-5H,3H2. The first-order chi connectivity index (χ1) is 7.67. The van der Waals surface area contributed by atoms with Gasteiger partial charge in [-0.05, 0) is 12.1 Å². The Hall–Kier alpha value is -1.13. The molecule has 0 amide bonds. The van der Waals surface area contributed by atoms with Gasteiger partial charge in [0.15, 0.2) is 6.29 Å². The second-order valence-electron chi connectivity index (χ2n) is 3.21. The summed E-state index contributed by atoms with van der Waals surface area (Å²) in [6.45, 7) is 0. The zero-order valence-electron chi connectivity index (χ0n) is 8.00. The monoisotopic (exact) mass is 300 g/mol. The van der Waals surface area contributed by atoms with E-state index in [4.69, 9.17) is 16.0 Å². The van der Waals surface area contributed by atoms with Gasteiger partial charge in [0, 0.05) is 10.0 Å². The predicted molar refractivity (Wildman–Crippen MR) is 65.1 cm³/mol. The van der Waals surface area contributed by atoms with Crippen molar-refractivity contribution in [2.24, 2.45) is 0 Å². The third-order valence-corrected chi connectivity index (χ3v) is 2.96. The molecule has 0 bridgehead atoms. The second-order valence-corrected chi connectivity index (χ2v) is 4.40. The van der Waals surface area contributed by atoms with Gasteiger partial charge in [0.25, 0.3) is 0 Å². The molecule has 0 aliphatic rings. The first kappa shape index (κ1) is 11.4. The predicted octanol–water partition coefficient (Wildman–Crippen LogP) is 3.11. The molecular formula is C11H6BrClO3. The molecule has 0 fully saturated rings. The average molecular weight is 302 g/mol. The SMILES string of the molecule is O=Cc1coc2c(CCl)cc(Br)cc2c1=O. The molecule has 2 aromatic rings. The van der Waals surface area contributed by atoms with Crippen molar-refractivity contribution in [1.82, 2.24) is 0 Å². The van der Waals surface area contributed by atoms with Crippen LogP contribution in [-0.4, -0.2) is 6.29 Å². The highest BCUT2D eigenvalue weighted by Gasteiger charge is 2.10. The Bertz CT molecular complexity index is 618. The molecule has 1 aromatic heterocycles. The molecule has 82 valence electrons. The van der Waals surface area contributed by atoms with Crippen LogP contribution in [0.15, 0.2) is 32.1 Å². The number of rotatable bonds is 2. The van der Waals surface area contributed by atoms with Gasteiger partial charge in [-0.3, -0.25) is 9.59 Å². The Morgan fingerprint density at radius 1 is 1.44 bits per heavy atom. The largest absolute Gasteiger partial charge is 0.463 e. The first-order valence-corrected chi connectivity index (χ1v) is 5.75. The topological polar surface area (TPSA) is 47.3 Å². The van der Waals surface area contributed by atoms with Gasteiger partial charge in [0.1, 0.15) is 11.8 Å². The number of aldehydes is 1. The first-order valence-electron chi connectivity index (χ1n) is 4.42. The summed E-state index contributed by atoms with van der Waals surface area (Å²) in [6.07, 6.45) is 1.63. The van der Waals surface area contributed by atoms with E-state index in [0.717, 1.165) is 10.7 Å². The molecule has 0 N–H and O–H groups in total. The molecule has 0 atom stereocenters. The minimum absolute atomic E-state index is 0.00567. The van der Waals surface area contributed by atoms with Crippen molar-refractivity contribution in [3.8, 4) is 0 Å². The van der Waals surface area contributed by atoms with E-state index in [1.54, 1.807) is 12.1 Å². The Morgan fingerprint density at radius 3 is 2.81 bits per heavy atom. The molecule has 0 spiro atoms. The number of alkyl halides is 1. The van der Waals surface area contributed by atoms with Crippen LogP contribution in [0.4, 0.5) is 0 Å². The van der Waals surface area contributed by atoms with Gasteiger partial charge in [-0.25, -0.2) is 0 Å². The number of carbonyl (C=O) groups excluding carboxylic acids is 1. The van der Waals surface area contributed by atoms with Gasteiger partial charge in [-0.15, -0.1) is 11.6 Å². The summed E-state index contributed by atoms with van der Waals surface area (Å²) in [5.41, 5.74) is 0.796. The average Bonchev–Trinajstić information content (AvgIpc) is 2.29. The van der Waals surface area contributed by atoms with Crippen LogP contribution >= 0.6 is 27.5 Å². The molecule has 0 radical (unpaired) electrons. The highest BCUT2D eigenvalue weighted by atomic mass is 79.9. The molecule has 2 rings (SSSR count). The molecule has 1 heterocycles. The van der Waals surface area contributed by atoms with E-state index < -0.39 is 0 Å². The number of carbonyl (C=O) groups is 1. The Balaban J connectivity index is 2.94. The third kappa shape index (κ3) is 1.79. The lowest BCUT2D eigenvalue weighted by Crippen LogP contribution is -2.08. The van der Waals surface area contributed by atoms with Crippen LogP contribution in [0.25, 0.3) is 11.0 Å². The maximum absolute atomic E-state index is 11.8. The molecule has 0 saturated heterocycles. The van der Waals surface area contributed by atoms with Crippen LogP contribution < -0.4 is 5.43 Å². The molecule has 0 unspecified atom stereocenters. The van der Waals surface area contributed by atoms with Crippen LogP contribution in [0.2, 0.25) is 0 Å². The number of hydrogen-bond acceptors (Lipinski definition) is 3. The maximum atomic E-state index is 11.8. The van der Waals surface area contributed by atoms with E-state index in [9.17, 15) is 9.59 Å². The molecule has 5 heteroatoms. The van der Waals surface area contributed by atoms with Crippen molar-refractivity contribution in [3.63, 3.8) is 0 Å². The molecule has 0 aliphatic heterocycles. The van der Waals surface area contributed by atoms with Gasteiger partial charge in [0.05, 0.1) is 16.8 Å². The van der Waals surface area contributed by atoms with Crippen LogP contribution in [-0.2, 0) is 5.88 Å². The van der Waals surface area contributed by atoms with E-state index in [0.29, 0.717) is 22.8 Å². The zero-order chi connectivity index (χ0) is 11.7. The summed E-state index contributed by atoms with van der Waals surface area (Å²) in [6, 6.07) is 3.39. The van der Waals surface area contributed by atoms with Crippen molar-refractivity contribution < 1.29 is 9.21 Å². The summed E-state index contributed by atoms with van der Waals surface area (Å²) >= 11 is 9.03. The summed E-state index contributed by atoms with van der Waals surface area (Å²) in [5, 5.41) is 0.356. The van der Waals surface area contributed by atoms with Crippen molar-refractivity contribution in [2.75, 3.05) is 0 Å². The summed E-state index contributed by atoms with van der Waals surface area (Å²) in [4.78, 5) is 22.4. The lowest BCUT2D eigenvalue weighted by molar-refractivity contribution is 0.112. The smallest absolute Gasteiger partial charge is 0.203 e. The Morgan fingerprint density at radius 2 is 2.19 bits per heavy atom. The molecular weight excluding hydrogens is 295 g/mol. The van der Waals surface area contributed by atoms with E-state index in [2.05, 4.69) is 15.9 Å². The van der Waals surface area contributed by atoms with Crippen LogP contribution in [0.3, 0.4) is 0 Å². The van der Waals surface area contributed by atoms with Crippen LogP contribution in [0.1, 0.15) is 15.9 Å². The maximum Gasteiger partial charge on any atom is 0.203 e. The van der Waals surface area contributed by atoms with Crippen LogP contribution in [0.5, 0.6) is 0 Å². The quantitative estimate of drug-likeness (QED) is 0.632. The Kier molecular flexibility index (Phi) is 3.12. The fourth-order valence-electron chi connectivity index (χ4n) is 1.47. The van der Waals surface area contributed by atoms with E-state index in [1.807, 2.05) is 0 Å². The molecule has 0 aliphatic carbocycles.